The molecule has 0 saturated heterocycles. The number of esters is 1. The van der Waals surface area contributed by atoms with Crippen LogP contribution in [0, 0.1) is 6.92 Å². The number of carbonyl (C=O) groups excluding carboxylic acids is 1. The third-order valence-corrected chi connectivity index (χ3v) is 6.19. The third-order valence-electron chi connectivity index (χ3n) is 4.64. The molecule has 7 nitrogen and oxygen atoms in total. The Labute approximate surface area is 208 Å². The van der Waals surface area contributed by atoms with Crippen LogP contribution in [-0.2, 0) is 11.2 Å². The van der Waals surface area contributed by atoms with E-state index in [2.05, 4.69) is 25.6 Å². The highest BCUT2D eigenvalue weighted by Gasteiger charge is 2.20. The zero-order chi connectivity index (χ0) is 21.7. The number of H-pyrrole nitrogens is 1. The highest BCUT2D eigenvalue weighted by molar-refractivity contribution is 14.0. The number of fused-ring (bicyclic) bond motifs is 1. The van der Waals surface area contributed by atoms with E-state index >= 15 is 0 Å². The Kier molecular flexibility index (Phi) is 9.57. The van der Waals surface area contributed by atoms with Crippen LogP contribution >= 0.6 is 46.9 Å². The van der Waals surface area contributed by atoms with Crippen molar-refractivity contribution in [2.45, 2.75) is 33.2 Å². The highest BCUT2D eigenvalue weighted by Crippen LogP contribution is 2.25. The molecule has 168 valence electrons. The molecule has 0 aliphatic rings. The van der Waals surface area contributed by atoms with Crippen molar-refractivity contribution in [2.75, 3.05) is 20.2 Å². The van der Waals surface area contributed by atoms with Gasteiger partial charge in [0.2, 0.25) is 0 Å². The van der Waals surface area contributed by atoms with Crippen molar-refractivity contribution in [1.82, 2.24) is 20.6 Å². The van der Waals surface area contributed by atoms with Crippen LogP contribution in [0.5, 0.6) is 0 Å². The Morgan fingerprint density at radius 2 is 2.19 bits per heavy atom. The lowest BCUT2D eigenvalue weighted by atomic mass is 10.1. The van der Waals surface area contributed by atoms with Crippen LogP contribution in [0.25, 0.3) is 10.9 Å². The Bertz CT molecular complexity index is 1070. The average Bonchev–Trinajstić information content (AvgIpc) is 3.30. The number of benzene rings is 1. The summed E-state index contributed by atoms with van der Waals surface area (Å²) in [5.74, 6) is 0.346. The minimum atomic E-state index is -0.327. The van der Waals surface area contributed by atoms with E-state index in [0.29, 0.717) is 29.7 Å². The fourth-order valence-corrected chi connectivity index (χ4v) is 4.26. The van der Waals surface area contributed by atoms with E-state index in [-0.39, 0.29) is 36.0 Å². The number of aliphatic imine (C=N–C) groups is 1. The molecule has 3 rings (SSSR count). The molecular formula is C21H27ClIN5O2S. The number of nitrogens with zero attached hydrogens (tertiary/aromatic N) is 2. The second kappa shape index (κ2) is 11.7. The lowest BCUT2D eigenvalue weighted by Crippen LogP contribution is -2.39. The Balaban J connectivity index is 0.00000341. The van der Waals surface area contributed by atoms with Crippen LogP contribution in [0.1, 0.15) is 45.8 Å². The van der Waals surface area contributed by atoms with Crippen molar-refractivity contribution in [3.8, 4) is 0 Å². The predicted octanol–water partition coefficient (Wildman–Crippen LogP) is 4.85. The van der Waals surface area contributed by atoms with Gasteiger partial charge in [-0.3, -0.25) is 4.99 Å². The maximum Gasteiger partial charge on any atom is 0.350 e. The third kappa shape index (κ3) is 6.33. The molecule has 2 heterocycles. The second-order valence-electron chi connectivity index (χ2n) is 6.81. The van der Waals surface area contributed by atoms with Gasteiger partial charge in [-0.25, -0.2) is 9.78 Å². The van der Waals surface area contributed by atoms with Gasteiger partial charge in [-0.05, 0) is 51.0 Å². The van der Waals surface area contributed by atoms with Crippen molar-refractivity contribution in [1.29, 1.82) is 0 Å². The summed E-state index contributed by atoms with van der Waals surface area (Å²) in [5.41, 5.74) is 2.95. The first-order valence-corrected chi connectivity index (χ1v) is 11.0. The molecule has 2 aromatic heterocycles. The molecule has 0 radical (unpaired) electrons. The van der Waals surface area contributed by atoms with Gasteiger partial charge in [0.15, 0.2) is 5.96 Å². The molecule has 0 amide bonds. The molecule has 1 atom stereocenters. The van der Waals surface area contributed by atoms with Crippen molar-refractivity contribution >= 4 is 69.7 Å². The van der Waals surface area contributed by atoms with Gasteiger partial charge in [0.05, 0.1) is 18.3 Å². The van der Waals surface area contributed by atoms with Crippen LogP contribution in [-0.4, -0.2) is 42.1 Å². The van der Waals surface area contributed by atoms with Crippen molar-refractivity contribution < 1.29 is 9.53 Å². The summed E-state index contributed by atoms with van der Waals surface area (Å²) in [6.45, 7) is 6.65. The SMILES string of the molecule is CCOC(=O)c1sc(C(C)NC(=NC)NCCc2c[nH]c3ccc(Cl)cc23)nc1C.I. The lowest BCUT2D eigenvalue weighted by Gasteiger charge is -2.16. The highest BCUT2D eigenvalue weighted by atomic mass is 127. The van der Waals surface area contributed by atoms with Crippen LogP contribution in [0.2, 0.25) is 5.02 Å². The van der Waals surface area contributed by atoms with Crippen LogP contribution in [0.3, 0.4) is 0 Å². The molecule has 10 heteroatoms. The number of halogens is 2. The first-order chi connectivity index (χ1) is 14.4. The zero-order valence-electron chi connectivity index (χ0n) is 17.9. The molecule has 1 unspecified atom stereocenters. The van der Waals surface area contributed by atoms with Gasteiger partial charge in [-0.2, -0.15) is 0 Å². The Morgan fingerprint density at radius 3 is 2.90 bits per heavy atom. The smallest absolute Gasteiger partial charge is 0.350 e. The first-order valence-electron chi connectivity index (χ1n) is 9.80. The Morgan fingerprint density at radius 1 is 1.42 bits per heavy atom. The number of aromatic amines is 1. The van der Waals surface area contributed by atoms with Gasteiger partial charge in [0.1, 0.15) is 9.88 Å². The van der Waals surface area contributed by atoms with E-state index in [1.807, 2.05) is 38.2 Å². The standard InChI is InChI=1S/C21H26ClN5O2S.HI/c1-5-29-20(28)18-12(2)26-19(30-18)13(3)27-21(23-4)24-9-8-14-11-25-17-7-6-15(22)10-16(14)17;/h6-7,10-11,13,25H,5,8-9H2,1-4H3,(H2,23,24,27);1H. The van der Waals surface area contributed by atoms with E-state index in [9.17, 15) is 4.79 Å². The van der Waals surface area contributed by atoms with E-state index < -0.39 is 0 Å². The number of aryl methyl sites for hydroxylation is 1. The molecule has 0 saturated carbocycles. The fraction of sp³-hybridized carbons (Fsp3) is 0.381. The van der Waals surface area contributed by atoms with Gasteiger partial charge in [-0.1, -0.05) is 11.6 Å². The molecule has 0 spiro atoms. The van der Waals surface area contributed by atoms with Crippen LogP contribution in [0.4, 0.5) is 0 Å². The lowest BCUT2D eigenvalue weighted by molar-refractivity contribution is 0.0531. The number of aromatic nitrogens is 2. The van der Waals surface area contributed by atoms with Crippen LogP contribution < -0.4 is 10.6 Å². The van der Waals surface area contributed by atoms with E-state index in [1.165, 1.54) is 16.9 Å². The van der Waals surface area contributed by atoms with Gasteiger partial charge < -0.3 is 20.4 Å². The number of carbonyl (C=O) groups is 1. The molecule has 0 aliphatic heterocycles. The summed E-state index contributed by atoms with van der Waals surface area (Å²) in [6.07, 6.45) is 2.83. The maximum absolute atomic E-state index is 12.0. The number of nitrogens with one attached hydrogen (secondary N) is 3. The van der Waals surface area contributed by atoms with Gasteiger partial charge in [0, 0.05) is 35.7 Å². The summed E-state index contributed by atoms with van der Waals surface area (Å²) in [4.78, 5) is 24.7. The molecular weight excluding hydrogens is 549 g/mol. The summed E-state index contributed by atoms with van der Waals surface area (Å²) in [7, 11) is 1.73. The molecule has 1 aromatic carbocycles. The summed E-state index contributed by atoms with van der Waals surface area (Å²) in [5, 5.41) is 9.32. The molecule has 0 fully saturated rings. The predicted molar refractivity (Wildman–Crippen MR) is 138 cm³/mol. The molecule has 0 aliphatic carbocycles. The number of guanidine groups is 1. The van der Waals surface area contributed by atoms with Crippen molar-refractivity contribution in [3.05, 3.63) is 50.6 Å². The fourth-order valence-electron chi connectivity index (χ4n) is 3.12. The molecule has 0 bridgehead atoms. The molecule has 31 heavy (non-hydrogen) atoms. The van der Waals surface area contributed by atoms with Crippen molar-refractivity contribution in [3.63, 3.8) is 0 Å². The number of ether oxygens (including phenoxy) is 1. The normalized spacial score (nSPS) is 12.4. The zero-order valence-corrected chi connectivity index (χ0v) is 21.8. The largest absolute Gasteiger partial charge is 0.462 e. The molecule has 3 N–H and O–H groups in total. The number of hydrogen-bond acceptors (Lipinski definition) is 5. The van der Waals surface area contributed by atoms with Crippen molar-refractivity contribution in [2.24, 2.45) is 4.99 Å². The van der Waals surface area contributed by atoms with E-state index in [1.54, 1.807) is 14.0 Å². The number of hydrogen-bond donors (Lipinski definition) is 3. The summed E-state index contributed by atoms with van der Waals surface area (Å²) >= 11 is 7.47. The maximum atomic E-state index is 12.0. The average molecular weight is 576 g/mol. The second-order valence-corrected chi connectivity index (χ2v) is 8.27. The van der Waals surface area contributed by atoms with Gasteiger partial charge in [0.25, 0.3) is 0 Å². The molecule has 3 aromatic rings. The van der Waals surface area contributed by atoms with Crippen LogP contribution in [0.15, 0.2) is 29.4 Å². The number of thiazole rings is 1. The summed E-state index contributed by atoms with van der Waals surface area (Å²) in [6, 6.07) is 5.74. The first kappa shape index (κ1) is 25.4. The van der Waals surface area contributed by atoms with Gasteiger partial charge in [-0.15, -0.1) is 35.3 Å². The Hall–Kier alpha value is -1.85. The van der Waals surface area contributed by atoms with Gasteiger partial charge >= 0.3 is 5.97 Å². The monoisotopic (exact) mass is 575 g/mol. The number of rotatable bonds is 7. The minimum absolute atomic E-state index is 0. The summed E-state index contributed by atoms with van der Waals surface area (Å²) < 4.78 is 5.09. The van der Waals surface area contributed by atoms with E-state index in [0.717, 1.165) is 27.4 Å². The minimum Gasteiger partial charge on any atom is -0.462 e. The topological polar surface area (TPSA) is 91.4 Å². The van der Waals surface area contributed by atoms with E-state index in [4.69, 9.17) is 16.3 Å². The quantitative estimate of drug-likeness (QED) is 0.162.